The number of nitrogens with zero attached hydrogens (tertiary/aromatic N) is 2. The summed E-state index contributed by atoms with van der Waals surface area (Å²) in [6.45, 7) is 1.62. The summed E-state index contributed by atoms with van der Waals surface area (Å²) in [6.07, 6.45) is 0. The lowest BCUT2D eigenvalue weighted by atomic mass is 10.3. The van der Waals surface area contributed by atoms with Gasteiger partial charge in [0.1, 0.15) is 5.75 Å². The highest BCUT2D eigenvalue weighted by Gasteiger charge is 2.26. The van der Waals surface area contributed by atoms with Gasteiger partial charge in [-0.3, -0.25) is 4.31 Å². The van der Waals surface area contributed by atoms with Gasteiger partial charge in [-0.1, -0.05) is 22.9 Å². The monoisotopic (exact) mass is 332 g/mol. The fourth-order valence-electron chi connectivity index (χ4n) is 1.65. The molecule has 0 spiro atoms. The molecule has 1 aromatic heterocycles. The highest BCUT2D eigenvalue weighted by molar-refractivity contribution is 7.94. The molecule has 0 saturated heterocycles. The topological polar surface area (TPSA) is 59.5 Å². The first kappa shape index (κ1) is 15.1. The van der Waals surface area contributed by atoms with Gasteiger partial charge in [-0.15, -0.1) is 0 Å². The van der Waals surface area contributed by atoms with Crippen molar-refractivity contribution in [1.82, 2.24) is 4.98 Å². The maximum Gasteiger partial charge on any atom is 0.275 e. The summed E-state index contributed by atoms with van der Waals surface area (Å²) >= 11 is 6.72. The SMILES string of the molecule is COc1ccc(N(C)S(=O)(=O)c2sc(Cl)nc2C)cc1. The highest BCUT2D eigenvalue weighted by atomic mass is 35.5. The van der Waals surface area contributed by atoms with E-state index in [2.05, 4.69) is 4.98 Å². The van der Waals surface area contributed by atoms with Gasteiger partial charge in [-0.25, -0.2) is 13.4 Å². The summed E-state index contributed by atoms with van der Waals surface area (Å²) in [4.78, 5) is 3.94. The molecule has 108 valence electrons. The Bertz CT molecular complexity index is 711. The first-order valence-corrected chi connectivity index (χ1v) is 8.25. The number of anilines is 1. The van der Waals surface area contributed by atoms with Crippen molar-refractivity contribution in [3.05, 3.63) is 34.4 Å². The van der Waals surface area contributed by atoms with E-state index in [-0.39, 0.29) is 8.68 Å². The lowest BCUT2D eigenvalue weighted by Gasteiger charge is -2.18. The van der Waals surface area contributed by atoms with Crippen molar-refractivity contribution in [1.29, 1.82) is 0 Å². The molecule has 2 rings (SSSR count). The third-order valence-electron chi connectivity index (χ3n) is 2.76. The molecule has 0 aliphatic heterocycles. The van der Waals surface area contributed by atoms with Crippen molar-refractivity contribution in [2.75, 3.05) is 18.5 Å². The maximum absolute atomic E-state index is 12.5. The quantitative estimate of drug-likeness (QED) is 0.863. The Morgan fingerprint density at radius 3 is 2.35 bits per heavy atom. The molecule has 0 saturated carbocycles. The molecule has 0 bridgehead atoms. The predicted octanol–water partition coefficient (Wildman–Crippen LogP) is 2.94. The van der Waals surface area contributed by atoms with Crippen molar-refractivity contribution >= 4 is 38.6 Å². The Morgan fingerprint density at radius 1 is 1.30 bits per heavy atom. The van der Waals surface area contributed by atoms with Crippen LogP contribution in [0.2, 0.25) is 4.47 Å². The lowest BCUT2D eigenvalue weighted by molar-refractivity contribution is 0.415. The van der Waals surface area contributed by atoms with E-state index in [9.17, 15) is 8.42 Å². The van der Waals surface area contributed by atoms with Crippen LogP contribution >= 0.6 is 22.9 Å². The second-order valence-corrected chi connectivity index (χ2v) is 7.76. The average Bonchev–Trinajstić information content (AvgIpc) is 2.77. The largest absolute Gasteiger partial charge is 0.497 e. The van der Waals surface area contributed by atoms with E-state index in [4.69, 9.17) is 16.3 Å². The zero-order valence-electron chi connectivity index (χ0n) is 11.1. The number of rotatable bonds is 4. The minimum absolute atomic E-state index is 0.154. The van der Waals surface area contributed by atoms with E-state index in [0.717, 1.165) is 11.3 Å². The molecule has 0 unspecified atom stereocenters. The molecular formula is C12H13ClN2O3S2. The van der Waals surface area contributed by atoms with Gasteiger partial charge in [0, 0.05) is 7.05 Å². The minimum atomic E-state index is -3.66. The summed E-state index contributed by atoms with van der Waals surface area (Å²) < 4.78 is 31.7. The number of aryl methyl sites for hydroxylation is 1. The molecule has 1 aromatic carbocycles. The first-order valence-electron chi connectivity index (χ1n) is 5.62. The lowest BCUT2D eigenvalue weighted by Crippen LogP contribution is -2.26. The second-order valence-electron chi connectivity index (χ2n) is 4.01. The van der Waals surface area contributed by atoms with Crippen molar-refractivity contribution < 1.29 is 13.2 Å². The minimum Gasteiger partial charge on any atom is -0.497 e. The van der Waals surface area contributed by atoms with E-state index < -0.39 is 10.0 Å². The Labute approximate surface area is 126 Å². The van der Waals surface area contributed by atoms with Gasteiger partial charge in [0.25, 0.3) is 10.0 Å². The van der Waals surface area contributed by atoms with Crippen LogP contribution in [0.15, 0.2) is 28.5 Å². The predicted molar refractivity (Wildman–Crippen MR) is 80.4 cm³/mol. The molecule has 20 heavy (non-hydrogen) atoms. The van der Waals surface area contributed by atoms with Gasteiger partial charge in [0.2, 0.25) is 0 Å². The van der Waals surface area contributed by atoms with Gasteiger partial charge < -0.3 is 4.74 Å². The van der Waals surface area contributed by atoms with Crippen LogP contribution in [0.1, 0.15) is 5.69 Å². The van der Waals surface area contributed by atoms with E-state index in [0.29, 0.717) is 17.1 Å². The number of sulfonamides is 1. The van der Waals surface area contributed by atoms with Crippen LogP contribution in [0.3, 0.4) is 0 Å². The summed E-state index contributed by atoms with van der Waals surface area (Å²) in [5, 5.41) is 0. The molecule has 8 heteroatoms. The normalized spacial score (nSPS) is 11.4. The number of hydrogen-bond donors (Lipinski definition) is 0. The Kier molecular flexibility index (Phi) is 4.22. The van der Waals surface area contributed by atoms with Gasteiger partial charge in [0.05, 0.1) is 18.5 Å². The van der Waals surface area contributed by atoms with Crippen molar-refractivity contribution in [3.63, 3.8) is 0 Å². The zero-order chi connectivity index (χ0) is 14.9. The smallest absolute Gasteiger partial charge is 0.275 e. The maximum atomic E-state index is 12.5. The molecule has 0 aliphatic rings. The highest BCUT2D eigenvalue weighted by Crippen LogP contribution is 2.31. The Balaban J connectivity index is 2.40. The molecule has 0 N–H and O–H groups in total. The number of hydrogen-bond acceptors (Lipinski definition) is 5. The van der Waals surface area contributed by atoms with E-state index >= 15 is 0 Å². The number of ether oxygens (including phenoxy) is 1. The van der Waals surface area contributed by atoms with Crippen LogP contribution in [0.5, 0.6) is 5.75 Å². The summed E-state index contributed by atoms with van der Waals surface area (Å²) in [6, 6.07) is 6.75. The van der Waals surface area contributed by atoms with Crippen molar-refractivity contribution in [3.8, 4) is 5.75 Å². The molecule has 1 heterocycles. The third-order valence-corrected chi connectivity index (χ3v) is 6.39. The number of halogens is 1. The number of methoxy groups -OCH3 is 1. The number of benzene rings is 1. The molecular weight excluding hydrogens is 320 g/mol. The van der Waals surface area contributed by atoms with Gasteiger partial charge >= 0.3 is 0 Å². The van der Waals surface area contributed by atoms with E-state index in [1.54, 1.807) is 38.3 Å². The zero-order valence-corrected chi connectivity index (χ0v) is 13.5. The summed E-state index contributed by atoms with van der Waals surface area (Å²) in [5.41, 5.74) is 0.940. The second kappa shape index (κ2) is 5.59. The van der Waals surface area contributed by atoms with Crippen LogP contribution in [-0.2, 0) is 10.0 Å². The Morgan fingerprint density at radius 2 is 1.90 bits per heavy atom. The number of aromatic nitrogens is 1. The first-order chi connectivity index (χ1) is 9.36. The molecule has 0 aliphatic carbocycles. The van der Waals surface area contributed by atoms with Crippen LogP contribution in [0.25, 0.3) is 0 Å². The molecule has 2 aromatic rings. The molecule has 0 atom stereocenters. The van der Waals surface area contributed by atoms with Crippen LogP contribution < -0.4 is 9.04 Å². The van der Waals surface area contributed by atoms with Gasteiger partial charge in [-0.2, -0.15) is 0 Å². The Hall–Kier alpha value is -1.31. The van der Waals surface area contributed by atoms with E-state index in [1.165, 1.54) is 11.4 Å². The van der Waals surface area contributed by atoms with Crippen LogP contribution in [-0.4, -0.2) is 27.6 Å². The third kappa shape index (κ3) is 2.74. The number of thiazole rings is 1. The molecule has 0 amide bonds. The summed E-state index contributed by atoms with van der Waals surface area (Å²) in [7, 11) is -0.613. The average molecular weight is 333 g/mol. The van der Waals surface area contributed by atoms with Gasteiger partial charge in [-0.05, 0) is 31.2 Å². The fourth-order valence-corrected chi connectivity index (χ4v) is 4.73. The van der Waals surface area contributed by atoms with Crippen molar-refractivity contribution in [2.45, 2.75) is 11.1 Å². The van der Waals surface area contributed by atoms with E-state index in [1.807, 2.05) is 0 Å². The molecule has 5 nitrogen and oxygen atoms in total. The standard InChI is InChI=1S/C12H13ClN2O3S2/c1-8-11(19-12(13)14-8)20(16,17)15(2)9-4-6-10(18-3)7-5-9/h4-7H,1-3H3. The van der Waals surface area contributed by atoms with Crippen molar-refractivity contribution in [2.24, 2.45) is 0 Å². The fraction of sp³-hybridized carbons (Fsp3) is 0.250. The molecule has 0 fully saturated rings. The molecule has 0 radical (unpaired) electrons. The van der Waals surface area contributed by atoms with Crippen LogP contribution in [0.4, 0.5) is 5.69 Å². The summed E-state index contributed by atoms with van der Waals surface area (Å²) in [5.74, 6) is 0.663. The van der Waals surface area contributed by atoms with Crippen LogP contribution in [0, 0.1) is 6.92 Å². The van der Waals surface area contributed by atoms with Gasteiger partial charge in [0.15, 0.2) is 8.68 Å².